The molecule has 36 heavy (non-hydrogen) atoms. The Kier molecular flexibility index (Phi) is 7.43. The van der Waals surface area contributed by atoms with Gasteiger partial charge in [0.1, 0.15) is 0 Å². The molecule has 0 atom stereocenters. The van der Waals surface area contributed by atoms with Gasteiger partial charge in [0.15, 0.2) is 5.13 Å². The molecule has 0 fully saturated rings. The van der Waals surface area contributed by atoms with Crippen LogP contribution in [0.3, 0.4) is 0 Å². The first-order chi connectivity index (χ1) is 17.0. The van der Waals surface area contributed by atoms with Crippen molar-refractivity contribution < 1.29 is 8.42 Å². The highest BCUT2D eigenvalue weighted by Crippen LogP contribution is 2.37. The monoisotopic (exact) mass is 521 g/mol. The van der Waals surface area contributed by atoms with Gasteiger partial charge in [-0.15, -0.1) is 0 Å². The van der Waals surface area contributed by atoms with E-state index < -0.39 is 10.0 Å². The zero-order valence-electron chi connectivity index (χ0n) is 22.0. The Bertz CT molecular complexity index is 1440. The summed E-state index contributed by atoms with van der Waals surface area (Å²) >= 11 is 1.59. The zero-order chi connectivity index (χ0) is 26.2. The van der Waals surface area contributed by atoms with Crippen LogP contribution in [0, 0.1) is 6.92 Å². The maximum absolute atomic E-state index is 13.8. The van der Waals surface area contributed by atoms with Gasteiger partial charge in [0.25, 0.3) is 10.0 Å². The number of benzene rings is 3. The maximum atomic E-state index is 13.8. The Balaban J connectivity index is 1.67. The third-order valence-corrected chi connectivity index (χ3v) is 8.81. The minimum atomic E-state index is -3.80. The molecule has 5 nitrogen and oxygen atoms in total. The molecule has 0 aliphatic rings. The number of para-hydroxylation sites is 1. The summed E-state index contributed by atoms with van der Waals surface area (Å²) in [5.41, 5.74) is 6.12. The molecule has 4 aromatic rings. The van der Waals surface area contributed by atoms with E-state index in [4.69, 9.17) is 0 Å². The highest BCUT2D eigenvalue weighted by Gasteiger charge is 2.27. The molecule has 1 aromatic heterocycles. The van der Waals surface area contributed by atoms with Gasteiger partial charge >= 0.3 is 0 Å². The Labute approximate surface area is 219 Å². The van der Waals surface area contributed by atoms with Gasteiger partial charge in [-0.25, -0.2) is 13.4 Å². The SMILES string of the molecule is Cc1cc(Nc2nc3ccccc3s2)ccc1NS(=O)(=O)c1c(C(C)C)cc(C(C)C)cc1C(C)C. The van der Waals surface area contributed by atoms with Crippen LogP contribution in [0.1, 0.15) is 81.5 Å². The van der Waals surface area contributed by atoms with E-state index in [9.17, 15) is 8.42 Å². The standard InChI is InChI=1S/C29H35N3O2S2/c1-17(2)21-15-23(18(3)4)28(24(16-21)19(5)6)36(33,34)32-25-13-12-22(14-20(25)7)30-29-31-26-10-8-9-11-27(26)35-29/h8-19,32H,1-7H3,(H,30,31). The van der Waals surface area contributed by atoms with E-state index in [2.05, 4.69) is 68.7 Å². The number of aromatic nitrogens is 1. The molecule has 0 saturated heterocycles. The van der Waals surface area contributed by atoms with Crippen molar-refractivity contribution in [2.45, 2.75) is 71.1 Å². The molecule has 7 heteroatoms. The van der Waals surface area contributed by atoms with Crippen LogP contribution >= 0.6 is 11.3 Å². The Hall–Kier alpha value is -2.90. The first-order valence-electron chi connectivity index (χ1n) is 12.4. The lowest BCUT2D eigenvalue weighted by molar-refractivity contribution is 0.595. The second kappa shape index (κ2) is 10.2. The average Bonchev–Trinajstić information content (AvgIpc) is 3.22. The van der Waals surface area contributed by atoms with Crippen molar-refractivity contribution in [2.75, 3.05) is 10.0 Å². The summed E-state index contributed by atoms with van der Waals surface area (Å²) in [5, 5.41) is 4.15. The topological polar surface area (TPSA) is 71.1 Å². The number of thiazole rings is 1. The Morgan fingerprint density at radius 3 is 2.03 bits per heavy atom. The summed E-state index contributed by atoms with van der Waals surface area (Å²) < 4.78 is 31.7. The van der Waals surface area contributed by atoms with E-state index >= 15 is 0 Å². The van der Waals surface area contributed by atoms with Gasteiger partial charge in [-0.3, -0.25) is 4.72 Å². The van der Waals surface area contributed by atoms with E-state index in [0.29, 0.717) is 16.5 Å². The third-order valence-electron chi connectivity index (χ3n) is 6.36. The minimum Gasteiger partial charge on any atom is -0.332 e. The lowest BCUT2D eigenvalue weighted by Crippen LogP contribution is -2.19. The molecular weight excluding hydrogens is 486 g/mol. The third kappa shape index (κ3) is 5.42. The molecule has 2 N–H and O–H groups in total. The number of fused-ring (bicyclic) bond motifs is 1. The predicted octanol–water partition coefficient (Wildman–Crippen LogP) is 8.52. The molecule has 0 saturated carbocycles. The largest absolute Gasteiger partial charge is 0.332 e. The Morgan fingerprint density at radius 1 is 0.833 bits per heavy atom. The first kappa shape index (κ1) is 26.2. The van der Waals surface area contributed by atoms with E-state index in [-0.39, 0.29) is 11.8 Å². The van der Waals surface area contributed by atoms with Crippen LogP contribution in [0.5, 0.6) is 0 Å². The van der Waals surface area contributed by atoms with Crippen LogP contribution in [-0.2, 0) is 10.0 Å². The number of aryl methyl sites for hydroxylation is 1. The minimum absolute atomic E-state index is 0.0780. The van der Waals surface area contributed by atoms with Crippen LogP contribution < -0.4 is 10.0 Å². The average molecular weight is 522 g/mol. The molecule has 0 aliphatic heterocycles. The van der Waals surface area contributed by atoms with Gasteiger partial charge in [-0.1, -0.05) is 77.1 Å². The fourth-order valence-corrected chi connectivity index (χ4v) is 7.02. The number of hydrogen-bond donors (Lipinski definition) is 2. The number of nitrogens with one attached hydrogen (secondary N) is 2. The summed E-state index contributed by atoms with van der Waals surface area (Å²) in [6.45, 7) is 14.4. The fourth-order valence-electron chi connectivity index (χ4n) is 4.30. The van der Waals surface area contributed by atoms with Crippen LogP contribution in [0.2, 0.25) is 0 Å². The van der Waals surface area contributed by atoms with Gasteiger partial charge in [0.05, 0.1) is 20.8 Å². The van der Waals surface area contributed by atoms with E-state index in [1.54, 1.807) is 11.3 Å². The Morgan fingerprint density at radius 2 is 1.47 bits per heavy atom. The van der Waals surface area contributed by atoms with Crippen molar-refractivity contribution >= 4 is 48.1 Å². The molecule has 0 amide bonds. The lowest BCUT2D eigenvalue weighted by atomic mass is 9.89. The molecule has 0 spiro atoms. The van der Waals surface area contributed by atoms with E-state index in [1.165, 1.54) is 5.56 Å². The zero-order valence-corrected chi connectivity index (χ0v) is 23.6. The summed E-state index contributed by atoms with van der Waals surface area (Å²) in [7, 11) is -3.80. The molecule has 190 valence electrons. The molecule has 0 bridgehead atoms. The van der Waals surface area contributed by atoms with Crippen molar-refractivity contribution in [3.8, 4) is 0 Å². The molecule has 4 rings (SSSR count). The van der Waals surface area contributed by atoms with Crippen molar-refractivity contribution in [1.82, 2.24) is 4.98 Å². The molecule has 3 aromatic carbocycles. The summed E-state index contributed by atoms with van der Waals surface area (Å²) in [5.74, 6) is 0.478. The maximum Gasteiger partial charge on any atom is 0.262 e. The number of rotatable bonds is 8. The van der Waals surface area contributed by atoms with Gasteiger partial charge in [0.2, 0.25) is 0 Å². The number of anilines is 3. The fraction of sp³-hybridized carbons (Fsp3) is 0.345. The molecular formula is C29H35N3O2S2. The van der Waals surface area contributed by atoms with E-state index in [0.717, 1.165) is 37.7 Å². The number of nitrogens with zero attached hydrogens (tertiary/aromatic N) is 1. The second-order valence-electron chi connectivity index (χ2n) is 10.2. The van der Waals surface area contributed by atoms with Crippen LogP contribution in [0.25, 0.3) is 10.2 Å². The van der Waals surface area contributed by atoms with Gasteiger partial charge in [0, 0.05) is 5.69 Å². The lowest BCUT2D eigenvalue weighted by Gasteiger charge is -2.23. The number of sulfonamides is 1. The van der Waals surface area contributed by atoms with E-state index in [1.807, 2.05) is 49.4 Å². The smallest absolute Gasteiger partial charge is 0.262 e. The van der Waals surface area contributed by atoms with Gasteiger partial charge in [-0.2, -0.15) is 0 Å². The van der Waals surface area contributed by atoms with Crippen molar-refractivity contribution in [2.24, 2.45) is 0 Å². The molecule has 0 unspecified atom stereocenters. The molecule has 0 aliphatic carbocycles. The second-order valence-corrected chi connectivity index (χ2v) is 12.9. The van der Waals surface area contributed by atoms with Crippen LogP contribution in [-0.4, -0.2) is 13.4 Å². The van der Waals surface area contributed by atoms with Crippen LogP contribution in [0.4, 0.5) is 16.5 Å². The summed E-state index contributed by atoms with van der Waals surface area (Å²) in [6.07, 6.45) is 0. The first-order valence-corrected chi connectivity index (χ1v) is 14.7. The highest BCUT2D eigenvalue weighted by atomic mass is 32.2. The normalized spacial score (nSPS) is 12.2. The van der Waals surface area contributed by atoms with Gasteiger partial charge in [-0.05, 0) is 77.3 Å². The quantitative estimate of drug-likeness (QED) is 0.244. The molecule has 0 radical (unpaired) electrons. The highest BCUT2D eigenvalue weighted by molar-refractivity contribution is 7.92. The van der Waals surface area contributed by atoms with Crippen molar-refractivity contribution in [1.29, 1.82) is 0 Å². The van der Waals surface area contributed by atoms with Crippen LogP contribution in [0.15, 0.2) is 59.5 Å². The number of hydrogen-bond acceptors (Lipinski definition) is 5. The van der Waals surface area contributed by atoms with Gasteiger partial charge < -0.3 is 5.32 Å². The molecule has 1 heterocycles. The summed E-state index contributed by atoms with van der Waals surface area (Å²) in [6, 6.07) is 17.8. The summed E-state index contributed by atoms with van der Waals surface area (Å²) in [4.78, 5) is 5.04. The van der Waals surface area contributed by atoms with Crippen molar-refractivity contribution in [3.05, 3.63) is 76.9 Å². The van der Waals surface area contributed by atoms with Crippen molar-refractivity contribution in [3.63, 3.8) is 0 Å². The predicted molar refractivity (Wildman–Crippen MR) is 154 cm³/mol.